The van der Waals surface area contributed by atoms with Gasteiger partial charge in [-0.3, -0.25) is 24.1 Å². The molecule has 15 nitrogen and oxygen atoms in total. The van der Waals surface area contributed by atoms with Crippen LogP contribution in [0.4, 0.5) is 8.78 Å². The fraction of sp³-hybridized carbons (Fsp3) is 0.395. The Kier molecular flexibility index (Phi) is 14.2. The van der Waals surface area contributed by atoms with E-state index in [4.69, 9.17) is 21.2 Å². The van der Waals surface area contributed by atoms with E-state index < -0.39 is 77.3 Å². The molecule has 6 N–H and O–H groups in total. The van der Waals surface area contributed by atoms with Crippen LogP contribution in [0.5, 0.6) is 0 Å². The molecule has 1 aromatic heterocycles. The number of imidazole rings is 1. The second-order valence-electron chi connectivity index (χ2n) is 14.0. The minimum Gasteiger partial charge on any atom is -0.391 e. The van der Waals surface area contributed by atoms with Crippen LogP contribution in [0.3, 0.4) is 0 Å². The summed E-state index contributed by atoms with van der Waals surface area (Å²) < 4.78 is 36.1. The quantitative estimate of drug-likeness (QED) is 0.0830. The number of nitrogens with zero attached hydrogens (tertiary/aromatic N) is 4. The standard InChI is InChI=1S/C38H45F2N7O8/c1-38(2,3)34(35-44-29(25-19-24(39)9-10-26(25)40)21-45(35)20-23-7-5-4-6-8-23)47(33(52)22-48)17-15-27(41)36(53)55-37(54)28(11-12-30(42)49)43-16-18-46-31(50)13-14-32(46)51/h4-10,13-14,19,21,27-28,34,43,48H,11-12,15-18,20,22,41H2,1-3H3,(H2,42,49)/t27-,28-,34-/m0/s1. The van der Waals surface area contributed by atoms with Crippen molar-refractivity contribution in [3.05, 3.63) is 89.9 Å². The Morgan fingerprint density at radius 3 is 2.29 bits per heavy atom. The smallest absolute Gasteiger partial charge is 0.330 e. The lowest BCUT2D eigenvalue weighted by molar-refractivity contribution is -0.162. The zero-order valence-corrected chi connectivity index (χ0v) is 30.7. The lowest BCUT2D eigenvalue weighted by Gasteiger charge is -2.40. The second-order valence-corrected chi connectivity index (χ2v) is 14.0. The second kappa shape index (κ2) is 18.6. The van der Waals surface area contributed by atoms with E-state index in [1.54, 1.807) is 10.8 Å². The van der Waals surface area contributed by atoms with E-state index in [1.165, 1.54) is 4.90 Å². The van der Waals surface area contributed by atoms with E-state index in [2.05, 4.69) is 5.32 Å². The lowest BCUT2D eigenvalue weighted by Crippen LogP contribution is -2.48. The summed E-state index contributed by atoms with van der Waals surface area (Å²) in [6.45, 7) is 4.35. The molecule has 3 aromatic rings. The molecule has 0 radical (unpaired) electrons. The van der Waals surface area contributed by atoms with Crippen LogP contribution in [0.1, 0.15) is 57.5 Å². The van der Waals surface area contributed by atoms with Crippen LogP contribution in [0.2, 0.25) is 0 Å². The van der Waals surface area contributed by atoms with Gasteiger partial charge in [-0.15, -0.1) is 0 Å². The minimum atomic E-state index is -1.46. The molecule has 0 fully saturated rings. The third-order valence-corrected chi connectivity index (χ3v) is 8.82. The van der Waals surface area contributed by atoms with Crippen molar-refractivity contribution in [3.8, 4) is 11.3 Å². The van der Waals surface area contributed by atoms with Crippen LogP contribution < -0.4 is 16.8 Å². The maximum Gasteiger partial charge on any atom is 0.330 e. The van der Waals surface area contributed by atoms with Crippen molar-refractivity contribution >= 4 is 35.6 Å². The summed E-state index contributed by atoms with van der Waals surface area (Å²) in [6.07, 6.45) is 3.08. The van der Waals surface area contributed by atoms with Gasteiger partial charge >= 0.3 is 11.9 Å². The summed E-state index contributed by atoms with van der Waals surface area (Å²) >= 11 is 0. The number of carbonyl (C=O) groups excluding carboxylic acids is 6. The first-order valence-electron chi connectivity index (χ1n) is 17.5. The van der Waals surface area contributed by atoms with Crippen molar-refractivity contribution in [3.63, 3.8) is 0 Å². The van der Waals surface area contributed by atoms with Crippen LogP contribution in [-0.4, -0.2) is 98.3 Å². The SMILES string of the molecule is CC(C)(C)[C@H](c1nc(-c2cc(F)ccc2F)cn1Cc1ccccc1)N(CC[C@H](N)C(=O)OC(=O)[C@H](CCC(N)=O)NCCN1C(=O)C=CC1=O)C(=O)CO. The highest BCUT2D eigenvalue weighted by Gasteiger charge is 2.39. The van der Waals surface area contributed by atoms with Gasteiger partial charge in [0.1, 0.15) is 36.1 Å². The highest BCUT2D eigenvalue weighted by molar-refractivity contribution is 6.12. The van der Waals surface area contributed by atoms with Gasteiger partial charge in [-0.05, 0) is 42.0 Å². The highest BCUT2D eigenvalue weighted by Crippen LogP contribution is 2.39. The molecule has 0 spiro atoms. The predicted octanol–water partition coefficient (Wildman–Crippen LogP) is 1.72. The largest absolute Gasteiger partial charge is 0.391 e. The Bertz CT molecular complexity index is 1910. The van der Waals surface area contributed by atoms with Gasteiger partial charge in [0.15, 0.2) is 0 Å². The zero-order chi connectivity index (χ0) is 40.4. The van der Waals surface area contributed by atoms with Gasteiger partial charge in [-0.25, -0.2) is 23.4 Å². The summed E-state index contributed by atoms with van der Waals surface area (Å²) in [7, 11) is 0. The summed E-state index contributed by atoms with van der Waals surface area (Å²) in [5.74, 6) is -5.89. The Morgan fingerprint density at radius 1 is 1.00 bits per heavy atom. The van der Waals surface area contributed by atoms with Crippen LogP contribution in [0.15, 0.2) is 66.9 Å². The summed E-state index contributed by atoms with van der Waals surface area (Å²) in [6, 6.07) is 8.61. The molecule has 0 bridgehead atoms. The van der Waals surface area contributed by atoms with Gasteiger partial charge in [0.2, 0.25) is 11.8 Å². The summed E-state index contributed by atoms with van der Waals surface area (Å²) in [5, 5.41) is 12.8. The van der Waals surface area contributed by atoms with Gasteiger partial charge in [0, 0.05) is 56.5 Å². The van der Waals surface area contributed by atoms with E-state index in [9.17, 15) is 38.3 Å². The zero-order valence-electron chi connectivity index (χ0n) is 30.7. The number of hydrogen-bond acceptors (Lipinski definition) is 11. The van der Waals surface area contributed by atoms with Crippen LogP contribution >= 0.6 is 0 Å². The first-order chi connectivity index (χ1) is 26.0. The summed E-state index contributed by atoms with van der Waals surface area (Å²) in [4.78, 5) is 81.7. The number of primary amides is 1. The van der Waals surface area contributed by atoms with Gasteiger partial charge < -0.3 is 36.1 Å². The van der Waals surface area contributed by atoms with Gasteiger partial charge in [0.25, 0.3) is 11.8 Å². The van der Waals surface area contributed by atoms with Crippen LogP contribution in [0, 0.1) is 17.0 Å². The Morgan fingerprint density at radius 2 is 1.67 bits per heavy atom. The molecule has 0 unspecified atom stereocenters. The first kappa shape index (κ1) is 42.1. The third kappa shape index (κ3) is 11.2. The Labute approximate surface area is 316 Å². The van der Waals surface area contributed by atoms with E-state index >= 15 is 4.39 Å². The number of ether oxygens (including phenoxy) is 1. The van der Waals surface area contributed by atoms with Crippen molar-refractivity contribution in [2.45, 2.75) is 64.7 Å². The number of aliphatic hydroxyl groups is 1. The third-order valence-electron chi connectivity index (χ3n) is 8.82. The molecule has 3 atom stereocenters. The molecule has 17 heteroatoms. The average Bonchev–Trinajstić information content (AvgIpc) is 3.68. The number of esters is 2. The number of amides is 4. The molecule has 1 aliphatic heterocycles. The number of carbonyl (C=O) groups is 6. The molecule has 2 aromatic carbocycles. The molecule has 0 saturated heterocycles. The minimum absolute atomic E-state index is 0.0715. The van der Waals surface area contributed by atoms with E-state index in [-0.39, 0.29) is 62.5 Å². The van der Waals surface area contributed by atoms with Crippen molar-refractivity contribution in [2.24, 2.45) is 16.9 Å². The monoisotopic (exact) mass is 765 g/mol. The number of halogens is 2. The van der Waals surface area contributed by atoms with E-state index in [1.807, 2.05) is 51.1 Å². The molecule has 4 amide bonds. The van der Waals surface area contributed by atoms with Crippen molar-refractivity contribution < 1.29 is 47.4 Å². The number of hydrogen-bond donors (Lipinski definition) is 4. The number of imide groups is 1. The van der Waals surface area contributed by atoms with Gasteiger partial charge in [0.05, 0.1) is 11.7 Å². The molecule has 2 heterocycles. The predicted molar refractivity (Wildman–Crippen MR) is 194 cm³/mol. The fourth-order valence-corrected chi connectivity index (χ4v) is 6.10. The molecule has 55 heavy (non-hydrogen) atoms. The normalized spacial score (nSPS) is 14.5. The maximum absolute atomic E-state index is 15.0. The fourth-order valence-electron chi connectivity index (χ4n) is 6.10. The first-order valence-corrected chi connectivity index (χ1v) is 17.5. The molecule has 4 rings (SSSR count). The van der Waals surface area contributed by atoms with Gasteiger partial charge in [-0.1, -0.05) is 51.1 Å². The van der Waals surface area contributed by atoms with E-state index in [0.29, 0.717) is 0 Å². The van der Waals surface area contributed by atoms with Crippen molar-refractivity contribution in [2.75, 3.05) is 26.2 Å². The van der Waals surface area contributed by atoms with Crippen molar-refractivity contribution in [1.82, 2.24) is 24.7 Å². The number of benzene rings is 2. The average molecular weight is 766 g/mol. The van der Waals surface area contributed by atoms with Gasteiger partial charge in [-0.2, -0.15) is 0 Å². The van der Waals surface area contributed by atoms with Crippen LogP contribution in [-0.2, 0) is 40.0 Å². The maximum atomic E-state index is 15.0. The Hall–Kier alpha value is -5.65. The molecule has 0 aliphatic carbocycles. The highest BCUT2D eigenvalue weighted by atomic mass is 19.1. The number of aromatic nitrogens is 2. The number of aliphatic hydroxyl groups excluding tert-OH is 1. The number of rotatable bonds is 18. The Balaban J connectivity index is 1.56. The van der Waals surface area contributed by atoms with E-state index in [0.717, 1.165) is 40.8 Å². The summed E-state index contributed by atoms with van der Waals surface area (Å²) in [5.41, 5.74) is 11.5. The molecular weight excluding hydrogens is 720 g/mol. The topological polar surface area (TPSA) is 220 Å². The molecule has 1 aliphatic rings. The molecular formula is C38H45F2N7O8. The number of nitrogens with two attached hydrogens (primary N) is 2. The number of nitrogens with one attached hydrogen (secondary N) is 1. The lowest BCUT2D eigenvalue weighted by atomic mass is 9.84. The van der Waals surface area contributed by atoms with Crippen molar-refractivity contribution in [1.29, 1.82) is 0 Å². The molecule has 294 valence electrons. The van der Waals surface area contributed by atoms with Crippen LogP contribution in [0.25, 0.3) is 11.3 Å². The molecule has 0 saturated carbocycles.